The summed E-state index contributed by atoms with van der Waals surface area (Å²) in [4.78, 5) is 25.0. The molecule has 0 saturated heterocycles. The van der Waals surface area contributed by atoms with Crippen LogP contribution in [-0.2, 0) is 11.3 Å². The lowest BCUT2D eigenvalue weighted by Crippen LogP contribution is -2.40. The van der Waals surface area contributed by atoms with E-state index in [0.717, 1.165) is 11.1 Å². The van der Waals surface area contributed by atoms with Crippen molar-refractivity contribution in [1.29, 1.82) is 0 Å². The molecule has 0 saturated carbocycles. The Labute approximate surface area is 164 Å². The quantitative estimate of drug-likeness (QED) is 0.752. The number of nitrogens with zero attached hydrogens (tertiary/aromatic N) is 1. The molecule has 0 fully saturated rings. The summed E-state index contributed by atoms with van der Waals surface area (Å²) in [7, 11) is 0. The molecule has 2 rings (SSSR count). The maximum Gasteiger partial charge on any atom is 0.410 e. The zero-order chi connectivity index (χ0) is 21.1. The summed E-state index contributed by atoms with van der Waals surface area (Å²) in [5.41, 5.74) is 1.33. The van der Waals surface area contributed by atoms with Gasteiger partial charge in [-0.1, -0.05) is 30.3 Å². The fourth-order valence-electron chi connectivity index (χ4n) is 2.65. The Bertz CT molecular complexity index is 854. The van der Waals surface area contributed by atoms with Crippen LogP contribution in [0.5, 0.6) is 0 Å². The SMILES string of the molecule is CC(C)N(Cc1ccc(-c2ccc(C(=O)O)c(F)c2)cc1)C(=O)OC(C)(C)C. The minimum atomic E-state index is -1.30. The number of hydrogen-bond donors (Lipinski definition) is 1. The van der Waals surface area contributed by atoms with Crippen molar-refractivity contribution in [1.82, 2.24) is 4.90 Å². The largest absolute Gasteiger partial charge is 0.478 e. The summed E-state index contributed by atoms with van der Waals surface area (Å²) in [6, 6.07) is 11.4. The summed E-state index contributed by atoms with van der Waals surface area (Å²) in [5.74, 6) is -2.07. The van der Waals surface area contributed by atoms with Crippen LogP contribution in [0.25, 0.3) is 11.1 Å². The third kappa shape index (κ3) is 5.55. The van der Waals surface area contributed by atoms with E-state index in [2.05, 4.69) is 0 Å². The van der Waals surface area contributed by atoms with Crippen LogP contribution in [0, 0.1) is 5.82 Å². The van der Waals surface area contributed by atoms with E-state index in [-0.39, 0.29) is 17.7 Å². The smallest absolute Gasteiger partial charge is 0.410 e. The van der Waals surface area contributed by atoms with Crippen LogP contribution < -0.4 is 0 Å². The molecule has 0 unspecified atom stereocenters. The molecule has 0 aliphatic rings. The van der Waals surface area contributed by atoms with E-state index in [0.29, 0.717) is 12.1 Å². The van der Waals surface area contributed by atoms with Gasteiger partial charge in [-0.2, -0.15) is 0 Å². The van der Waals surface area contributed by atoms with Crippen molar-refractivity contribution in [3.63, 3.8) is 0 Å². The highest BCUT2D eigenvalue weighted by molar-refractivity contribution is 5.88. The van der Waals surface area contributed by atoms with Crippen molar-refractivity contribution in [2.75, 3.05) is 0 Å². The van der Waals surface area contributed by atoms with Crippen molar-refractivity contribution in [3.8, 4) is 11.1 Å². The molecule has 6 heteroatoms. The predicted octanol–water partition coefficient (Wildman–Crippen LogP) is 5.34. The van der Waals surface area contributed by atoms with Crippen molar-refractivity contribution in [2.45, 2.75) is 52.8 Å². The minimum absolute atomic E-state index is 0.0350. The van der Waals surface area contributed by atoms with Gasteiger partial charge in [-0.3, -0.25) is 0 Å². The molecule has 0 atom stereocenters. The highest BCUT2D eigenvalue weighted by atomic mass is 19.1. The fraction of sp³-hybridized carbons (Fsp3) is 0.364. The second-order valence-electron chi connectivity index (χ2n) is 7.90. The highest BCUT2D eigenvalue weighted by Gasteiger charge is 2.24. The molecule has 0 heterocycles. The van der Waals surface area contributed by atoms with Crippen LogP contribution >= 0.6 is 0 Å². The number of carbonyl (C=O) groups is 2. The number of carbonyl (C=O) groups excluding carboxylic acids is 1. The summed E-state index contributed by atoms with van der Waals surface area (Å²) in [6.07, 6.45) is -0.377. The van der Waals surface area contributed by atoms with Crippen LogP contribution in [0.3, 0.4) is 0 Å². The van der Waals surface area contributed by atoms with E-state index in [1.165, 1.54) is 12.1 Å². The standard InChI is InChI=1S/C22H26FNO4/c1-14(2)24(21(27)28-22(3,4)5)13-15-6-8-16(9-7-15)17-10-11-18(20(25)26)19(23)12-17/h6-12,14H,13H2,1-5H3,(H,25,26). The van der Waals surface area contributed by atoms with Gasteiger partial charge in [-0.05, 0) is 63.4 Å². The van der Waals surface area contributed by atoms with Gasteiger partial charge in [0.1, 0.15) is 11.4 Å². The summed E-state index contributed by atoms with van der Waals surface area (Å²) in [6.45, 7) is 9.71. The van der Waals surface area contributed by atoms with Gasteiger partial charge in [0.2, 0.25) is 0 Å². The zero-order valence-electron chi connectivity index (χ0n) is 16.8. The number of carboxylic acid groups (broad SMARTS) is 1. The first-order chi connectivity index (χ1) is 13.0. The number of ether oxygens (including phenoxy) is 1. The third-order valence-electron chi connectivity index (χ3n) is 4.09. The van der Waals surface area contributed by atoms with Gasteiger partial charge < -0.3 is 14.7 Å². The monoisotopic (exact) mass is 387 g/mol. The molecule has 150 valence electrons. The number of rotatable bonds is 5. The van der Waals surface area contributed by atoms with Crippen LogP contribution in [-0.4, -0.2) is 33.7 Å². The highest BCUT2D eigenvalue weighted by Crippen LogP contribution is 2.23. The van der Waals surface area contributed by atoms with Crippen LogP contribution in [0.1, 0.15) is 50.5 Å². The Morgan fingerprint density at radius 3 is 2.11 bits per heavy atom. The van der Waals surface area contributed by atoms with Gasteiger partial charge in [0, 0.05) is 12.6 Å². The molecule has 0 radical (unpaired) electrons. The van der Waals surface area contributed by atoms with Crippen molar-refractivity contribution in [3.05, 3.63) is 59.4 Å². The second-order valence-corrected chi connectivity index (χ2v) is 7.90. The van der Waals surface area contributed by atoms with Crippen LogP contribution in [0.4, 0.5) is 9.18 Å². The number of hydrogen-bond acceptors (Lipinski definition) is 3. The van der Waals surface area contributed by atoms with Crippen LogP contribution in [0.15, 0.2) is 42.5 Å². The van der Waals surface area contributed by atoms with E-state index in [1.807, 2.05) is 58.9 Å². The Hall–Kier alpha value is -2.89. The van der Waals surface area contributed by atoms with Gasteiger partial charge in [0.15, 0.2) is 0 Å². The predicted molar refractivity (Wildman–Crippen MR) is 106 cm³/mol. The lowest BCUT2D eigenvalue weighted by molar-refractivity contribution is 0.0172. The molecule has 2 aromatic rings. The second kappa shape index (κ2) is 8.42. The maximum atomic E-state index is 13.9. The van der Waals surface area contributed by atoms with Gasteiger partial charge in [-0.25, -0.2) is 14.0 Å². The molecule has 1 amide bonds. The Balaban J connectivity index is 2.18. The number of carboxylic acids is 1. The van der Waals surface area contributed by atoms with Crippen molar-refractivity contribution in [2.24, 2.45) is 0 Å². The lowest BCUT2D eigenvalue weighted by Gasteiger charge is -2.30. The van der Waals surface area contributed by atoms with Crippen LogP contribution in [0.2, 0.25) is 0 Å². The minimum Gasteiger partial charge on any atom is -0.478 e. The average Bonchev–Trinajstić information content (AvgIpc) is 2.57. The van der Waals surface area contributed by atoms with E-state index < -0.39 is 17.4 Å². The Morgan fingerprint density at radius 1 is 1.07 bits per heavy atom. The summed E-state index contributed by atoms with van der Waals surface area (Å²) < 4.78 is 19.4. The number of halogens is 1. The first kappa shape index (κ1) is 21.4. The molecule has 0 aliphatic heterocycles. The van der Waals surface area contributed by atoms with E-state index >= 15 is 0 Å². The van der Waals surface area contributed by atoms with Gasteiger partial charge in [0.05, 0.1) is 5.56 Å². The molecule has 2 aromatic carbocycles. The normalized spacial score (nSPS) is 11.4. The molecule has 0 aliphatic carbocycles. The molecule has 5 nitrogen and oxygen atoms in total. The van der Waals surface area contributed by atoms with E-state index in [9.17, 15) is 14.0 Å². The maximum absolute atomic E-state index is 13.9. The average molecular weight is 387 g/mol. The number of benzene rings is 2. The molecule has 28 heavy (non-hydrogen) atoms. The van der Waals surface area contributed by atoms with Crippen molar-refractivity contribution >= 4 is 12.1 Å². The number of aromatic carboxylic acids is 1. The van der Waals surface area contributed by atoms with Gasteiger partial charge in [-0.15, -0.1) is 0 Å². The van der Waals surface area contributed by atoms with E-state index in [4.69, 9.17) is 9.84 Å². The third-order valence-corrected chi connectivity index (χ3v) is 4.09. The Morgan fingerprint density at radius 2 is 1.64 bits per heavy atom. The topological polar surface area (TPSA) is 66.8 Å². The molecular formula is C22H26FNO4. The summed E-state index contributed by atoms with van der Waals surface area (Å²) >= 11 is 0. The van der Waals surface area contributed by atoms with Crippen molar-refractivity contribution < 1.29 is 23.8 Å². The fourth-order valence-corrected chi connectivity index (χ4v) is 2.65. The van der Waals surface area contributed by atoms with Gasteiger partial charge in [0.25, 0.3) is 0 Å². The zero-order valence-corrected chi connectivity index (χ0v) is 16.8. The van der Waals surface area contributed by atoms with Gasteiger partial charge >= 0.3 is 12.1 Å². The molecule has 1 N–H and O–H groups in total. The first-order valence-corrected chi connectivity index (χ1v) is 9.09. The molecule has 0 aromatic heterocycles. The lowest BCUT2D eigenvalue weighted by atomic mass is 10.0. The first-order valence-electron chi connectivity index (χ1n) is 9.09. The molecule has 0 spiro atoms. The number of amides is 1. The van der Waals surface area contributed by atoms with E-state index in [1.54, 1.807) is 11.0 Å². The summed E-state index contributed by atoms with van der Waals surface area (Å²) in [5, 5.41) is 8.93. The molecular weight excluding hydrogens is 361 g/mol. The molecule has 0 bridgehead atoms. The Kier molecular flexibility index (Phi) is 6.44.